The van der Waals surface area contributed by atoms with Gasteiger partial charge in [-0.25, -0.2) is 0 Å². The molecule has 3 heteroatoms. The first-order chi connectivity index (χ1) is 14.1. The molecule has 0 unspecified atom stereocenters. The molecule has 0 bridgehead atoms. The van der Waals surface area contributed by atoms with Crippen molar-refractivity contribution in [3.63, 3.8) is 0 Å². The van der Waals surface area contributed by atoms with Gasteiger partial charge in [0, 0.05) is 40.0 Å². The van der Waals surface area contributed by atoms with Crippen molar-refractivity contribution in [2.75, 3.05) is 41.0 Å². The Bertz CT molecular complexity index is 287. The molecule has 0 aliphatic rings. The summed E-state index contributed by atoms with van der Waals surface area (Å²) in [5.41, 5.74) is 0. The predicted molar refractivity (Wildman–Crippen MR) is 129 cm³/mol. The minimum atomic E-state index is 0.664. The third-order valence-electron chi connectivity index (χ3n) is 6.35. The van der Waals surface area contributed by atoms with E-state index in [1.54, 1.807) is 14.2 Å². The summed E-state index contributed by atoms with van der Waals surface area (Å²) in [5.74, 6) is 0.894. The van der Waals surface area contributed by atoms with Crippen LogP contribution in [0.15, 0.2) is 0 Å². The van der Waals surface area contributed by atoms with Gasteiger partial charge >= 0.3 is 0 Å². The van der Waals surface area contributed by atoms with Crippen LogP contribution < -0.4 is 0 Å². The van der Waals surface area contributed by atoms with E-state index in [9.17, 15) is 0 Å². The van der Waals surface area contributed by atoms with E-state index in [2.05, 4.69) is 25.8 Å². The highest BCUT2D eigenvalue weighted by Gasteiger charge is 2.13. The molecule has 3 nitrogen and oxygen atoms in total. The average Bonchev–Trinajstić information content (AvgIpc) is 2.70. The van der Waals surface area contributed by atoms with E-state index in [0.717, 1.165) is 19.1 Å². The Morgan fingerprint density at radius 2 is 0.897 bits per heavy atom. The smallest absolute Gasteiger partial charge is 0.0462 e. The first-order valence-corrected chi connectivity index (χ1v) is 12.8. The van der Waals surface area contributed by atoms with Crippen LogP contribution in [0, 0.1) is 5.92 Å². The van der Waals surface area contributed by atoms with Crippen LogP contribution in [-0.2, 0) is 9.47 Å². The number of unbranched alkanes of at least 4 members (excludes halogenated alkanes) is 12. The van der Waals surface area contributed by atoms with Gasteiger partial charge in [0.2, 0.25) is 0 Å². The molecule has 0 fully saturated rings. The van der Waals surface area contributed by atoms with Gasteiger partial charge in [-0.1, -0.05) is 77.0 Å². The molecule has 0 aromatic rings. The molecule has 0 saturated carbocycles. The Labute approximate surface area is 184 Å². The third kappa shape index (κ3) is 20.9. The van der Waals surface area contributed by atoms with Crippen molar-refractivity contribution >= 4 is 0 Å². The van der Waals surface area contributed by atoms with Gasteiger partial charge in [-0.15, -0.1) is 0 Å². The van der Waals surface area contributed by atoms with E-state index in [-0.39, 0.29) is 0 Å². The number of ether oxygens (including phenoxy) is 2. The van der Waals surface area contributed by atoms with E-state index in [1.165, 1.54) is 109 Å². The van der Waals surface area contributed by atoms with Gasteiger partial charge < -0.3 is 14.4 Å². The molecule has 0 N–H and O–H groups in total. The normalized spacial score (nSPS) is 12.0. The zero-order valence-electron chi connectivity index (χ0n) is 20.9. The molecule has 0 heterocycles. The fraction of sp³-hybridized carbons (Fsp3) is 1.00. The molecule has 0 saturated heterocycles. The standard InChI is InChI=1S/C26H55NO2/c1-25(2)27(3)24-26(20-16-12-8-6-10-14-18-22-28-4)21-17-13-9-7-11-15-19-23-29-5/h25-26H,6-24H2,1-5H3. The highest BCUT2D eigenvalue weighted by Crippen LogP contribution is 2.21. The topological polar surface area (TPSA) is 21.7 Å². The lowest BCUT2D eigenvalue weighted by Crippen LogP contribution is -2.31. The van der Waals surface area contributed by atoms with Crippen LogP contribution in [0.3, 0.4) is 0 Å². The Morgan fingerprint density at radius 1 is 0.552 bits per heavy atom. The molecule has 0 amide bonds. The zero-order valence-corrected chi connectivity index (χ0v) is 20.9. The summed E-state index contributed by atoms with van der Waals surface area (Å²) in [7, 11) is 5.91. The van der Waals surface area contributed by atoms with Crippen molar-refractivity contribution in [2.45, 2.75) is 123 Å². The van der Waals surface area contributed by atoms with Gasteiger partial charge in [0.05, 0.1) is 0 Å². The first-order valence-electron chi connectivity index (χ1n) is 12.8. The summed E-state index contributed by atoms with van der Waals surface area (Å²) >= 11 is 0. The largest absolute Gasteiger partial charge is 0.385 e. The van der Waals surface area contributed by atoms with E-state index in [1.807, 2.05) is 0 Å². The highest BCUT2D eigenvalue weighted by atomic mass is 16.5. The van der Waals surface area contributed by atoms with E-state index in [0.29, 0.717) is 6.04 Å². The van der Waals surface area contributed by atoms with E-state index in [4.69, 9.17) is 9.47 Å². The van der Waals surface area contributed by atoms with Crippen molar-refractivity contribution in [3.8, 4) is 0 Å². The molecule has 0 rings (SSSR count). The van der Waals surface area contributed by atoms with E-state index < -0.39 is 0 Å². The van der Waals surface area contributed by atoms with Crippen molar-refractivity contribution in [1.82, 2.24) is 4.90 Å². The molecule has 176 valence electrons. The summed E-state index contributed by atoms with van der Waals surface area (Å²) in [6.07, 6.45) is 22.1. The number of methoxy groups -OCH3 is 2. The van der Waals surface area contributed by atoms with Crippen LogP contribution in [0.4, 0.5) is 0 Å². The summed E-state index contributed by atoms with van der Waals surface area (Å²) in [4.78, 5) is 2.55. The molecule has 0 aliphatic carbocycles. The molecule has 0 aromatic carbocycles. The van der Waals surface area contributed by atoms with Crippen LogP contribution in [0.25, 0.3) is 0 Å². The van der Waals surface area contributed by atoms with Gasteiger partial charge in [0.25, 0.3) is 0 Å². The van der Waals surface area contributed by atoms with Gasteiger partial charge in [-0.05, 0) is 52.5 Å². The zero-order chi connectivity index (χ0) is 21.6. The minimum absolute atomic E-state index is 0.664. The second-order valence-corrected chi connectivity index (χ2v) is 9.41. The maximum Gasteiger partial charge on any atom is 0.0462 e. The Kier molecular flexibility index (Phi) is 22.5. The number of nitrogens with zero attached hydrogens (tertiary/aromatic N) is 1. The molecule has 0 aliphatic heterocycles. The second-order valence-electron chi connectivity index (χ2n) is 9.41. The highest BCUT2D eigenvalue weighted by molar-refractivity contribution is 4.67. The first kappa shape index (κ1) is 28.9. The Morgan fingerprint density at radius 3 is 1.24 bits per heavy atom. The third-order valence-corrected chi connectivity index (χ3v) is 6.35. The lowest BCUT2D eigenvalue weighted by Gasteiger charge is -2.27. The van der Waals surface area contributed by atoms with Crippen LogP contribution in [0.2, 0.25) is 0 Å². The second kappa shape index (κ2) is 22.6. The van der Waals surface area contributed by atoms with Crippen molar-refractivity contribution in [3.05, 3.63) is 0 Å². The van der Waals surface area contributed by atoms with Gasteiger partial charge in [0.15, 0.2) is 0 Å². The molecule has 0 atom stereocenters. The number of rotatable bonds is 23. The van der Waals surface area contributed by atoms with Gasteiger partial charge in [-0.3, -0.25) is 0 Å². The van der Waals surface area contributed by atoms with Crippen molar-refractivity contribution < 1.29 is 9.47 Å². The van der Waals surface area contributed by atoms with E-state index >= 15 is 0 Å². The minimum Gasteiger partial charge on any atom is -0.385 e. The fourth-order valence-electron chi connectivity index (χ4n) is 4.07. The quantitative estimate of drug-likeness (QED) is 0.162. The average molecular weight is 414 g/mol. The monoisotopic (exact) mass is 413 g/mol. The van der Waals surface area contributed by atoms with Gasteiger partial charge in [-0.2, -0.15) is 0 Å². The molecular weight excluding hydrogens is 358 g/mol. The summed E-state index contributed by atoms with van der Waals surface area (Å²) in [6.45, 7) is 7.79. The predicted octanol–water partition coefficient (Wildman–Crippen LogP) is 7.48. The Balaban J connectivity index is 3.81. The number of hydrogen-bond acceptors (Lipinski definition) is 3. The summed E-state index contributed by atoms with van der Waals surface area (Å²) in [6, 6.07) is 0.664. The Hall–Kier alpha value is -0.120. The van der Waals surface area contributed by atoms with Crippen molar-refractivity contribution in [1.29, 1.82) is 0 Å². The van der Waals surface area contributed by atoms with Crippen LogP contribution >= 0.6 is 0 Å². The van der Waals surface area contributed by atoms with Gasteiger partial charge in [0.1, 0.15) is 0 Å². The maximum atomic E-state index is 5.13. The van der Waals surface area contributed by atoms with Crippen LogP contribution in [0.5, 0.6) is 0 Å². The van der Waals surface area contributed by atoms with Crippen LogP contribution in [0.1, 0.15) is 117 Å². The molecular formula is C26H55NO2. The van der Waals surface area contributed by atoms with Crippen molar-refractivity contribution in [2.24, 2.45) is 5.92 Å². The lowest BCUT2D eigenvalue weighted by atomic mass is 9.93. The number of hydrogen-bond donors (Lipinski definition) is 0. The molecule has 0 radical (unpaired) electrons. The lowest BCUT2D eigenvalue weighted by molar-refractivity contribution is 0.192. The summed E-state index contributed by atoms with van der Waals surface area (Å²) < 4.78 is 10.3. The summed E-state index contributed by atoms with van der Waals surface area (Å²) in [5, 5.41) is 0. The fourth-order valence-corrected chi connectivity index (χ4v) is 4.07. The SMILES string of the molecule is COCCCCCCCCCC(CCCCCCCCCOC)CN(C)C(C)C. The molecule has 29 heavy (non-hydrogen) atoms. The molecule has 0 spiro atoms. The maximum absolute atomic E-state index is 5.13. The molecule has 0 aromatic heterocycles. The van der Waals surface area contributed by atoms with Crippen LogP contribution in [-0.4, -0.2) is 52.0 Å².